The molecule has 0 radical (unpaired) electrons. The summed E-state index contributed by atoms with van der Waals surface area (Å²) in [5.41, 5.74) is 1.08. The Balaban J connectivity index is 2.09. The molecule has 1 aliphatic rings. The topological polar surface area (TPSA) is 57.7 Å². The molecule has 2 amide bonds. The van der Waals surface area contributed by atoms with E-state index < -0.39 is 9.84 Å². The van der Waals surface area contributed by atoms with E-state index in [2.05, 4.69) is 0 Å². The first-order chi connectivity index (χ1) is 10.5. The number of amides is 2. The van der Waals surface area contributed by atoms with E-state index in [1.54, 1.807) is 9.80 Å². The minimum absolute atomic E-state index is 0.0732. The Morgan fingerprint density at radius 2 is 1.86 bits per heavy atom. The minimum Gasteiger partial charge on any atom is -0.321 e. The normalized spacial score (nSPS) is 19.8. The second-order valence-corrected chi connectivity index (χ2v) is 7.85. The highest BCUT2D eigenvalue weighted by molar-refractivity contribution is 7.91. The van der Waals surface area contributed by atoms with Gasteiger partial charge in [-0.25, -0.2) is 13.2 Å². The first-order valence-corrected chi connectivity index (χ1v) is 9.59. The van der Waals surface area contributed by atoms with E-state index in [4.69, 9.17) is 0 Å². The molecule has 0 spiro atoms. The van der Waals surface area contributed by atoms with Crippen molar-refractivity contribution in [1.82, 2.24) is 9.80 Å². The van der Waals surface area contributed by atoms with Crippen LogP contribution in [0.2, 0.25) is 0 Å². The predicted molar refractivity (Wildman–Crippen MR) is 87.4 cm³/mol. The molecule has 1 fully saturated rings. The molecular weight excluding hydrogens is 300 g/mol. The summed E-state index contributed by atoms with van der Waals surface area (Å²) in [6.07, 6.45) is 0.546. The fraction of sp³-hybridized carbons (Fsp3) is 0.562. The molecule has 0 bridgehead atoms. The first-order valence-electron chi connectivity index (χ1n) is 7.76. The summed E-state index contributed by atoms with van der Waals surface area (Å²) in [4.78, 5) is 16.2. The van der Waals surface area contributed by atoms with Crippen molar-refractivity contribution in [3.8, 4) is 0 Å². The Hall–Kier alpha value is -1.56. The number of carbonyl (C=O) groups excluding carboxylic acids is 1. The number of carbonyl (C=O) groups is 1. The van der Waals surface area contributed by atoms with Crippen LogP contribution in [0.25, 0.3) is 0 Å². The average Bonchev–Trinajstić information content (AvgIpc) is 2.86. The summed E-state index contributed by atoms with van der Waals surface area (Å²) in [6, 6.07) is 9.58. The van der Waals surface area contributed by atoms with Crippen LogP contribution >= 0.6 is 0 Å². The van der Waals surface area contributed by atoms with E-state index in [9.17, 15) is 13.2 Å². The van der Waals surface area contributed by atoms with Gasteiger partial charge in [-0.3, -0.25) is 0 Å². The van der Waals surface area contributed by atoms with Crippen LogP contribution in [0.3, 0.4) is 0 Å². The average molecular weight is 324 g/mol. The van der Waals surface area contributed by atoms with E-state index in [1.807, 2.05) is 44.2 Å². The van der Waals surface area contributed by atoms with Crippen LogP contribution in [0, 0.1) is 0 Å². The third-order valence-corrected chi connectivity index (χ3v) is 5.85. The molecule has 1 unspecified atom stereocenters. The molecule has 2 rings (SSSR count). The summed E-state index contributed by atoms with van der Waals surface area (Å²) >= 11 is 0. The Kier molecular flexibility index (Phi) is 5.45. The van der Waals surface area contributed by atoms with Crippen molar-refractivity contribution in [2.45, 2.75) is 32.9 Å². The molecule has 1 aliphatic heterocycles. The van der Waals surface area contributed by atoms with Crippen LogP contribution in [0.15, 0.2) is 30.3 Å². The molecule has 0 saturated carbocycles. The van der Waals surface area contributed by atoms with Gasteiger partial charge < -0.3 is 9.80 Å². The molecule has 1 aromatic carbocycles. The van der Waals surface area contributed by atoms with Crippen molar-refractivity contribution in [3.63, 3.8) is 0 Å². The fourth-order valence-corrected chi connectivity index (χ4v) is 4.60. The van der Waals surface area contributed by atoms with Gasteiger partial charge in [0.25, 0.3) is 0 Å². The monoisotopic (exact) mass is 324 g/mol. The third-order valence-electron chi connectivity index (χ3n) is 4.10. The SMILES string of the molecule is CCN(Cc1ccccc1)C(=O)N(CC)C1CCS(=O)(=O)C1. The maximum atomic E-state index is 12.8. The summed E-state index contributed by atoms with van der Waals surface area (Å²) in [5.74, 6) is 0.279. The molecule has 1 heterocycles. The summed E-state index contributed by atoms with van der Waals surface area (Å²) in [5, 5.41) is 0. The van der Waals surface area contributed by atoms with Crippen LogP contribution in [-0.2, 0) is 16.4 Å². The van der Waals surface area contributed by atoms with Gasteiger partial charge in [0.15, 0.2) is 9.84 Å². The van der Waals surface area contributed by atoms with E-state index in [-0.39, 0.29) is 23.6 Å². The van der Waals surface area contributed by atoms with Crippen LogP contribution in [-0.4, -0.2) is 54.9 Å². The second-order valence-electron chi connectivity index (χ2n) is 5.63. The highest BCUT2D eigenvalue weighted by Gasteiger charge is 2.35. The zero-order valence-electron chi connectivity index (χ0n) is 13.2. The van der Waals surface area contributed by atoms with Gasteiger partial charge in [0, 0.05) is 25.7 Å². The van der Waals surface area contributed by atoms with Crippen LogP contribution in [0.1, 0.15) is 25.8 Å². The number of hydrogen-bond acceptors (Lipinski definition) is 3. The highest BCUT2D eigenvalue weighted by atomic mass is 32.2. The lowest BCUT2D eigenvalue weighted by Gasteiger charge is -2.33. The Morgan fingerprint density at radius 1 is 1.18 bits per heavy atom. The lowest BCUT2D eigenvalue weighted by Crippen LogP contribution is -2.48. The van der Waals surface area contributed by atoms with E-state index in [0.717, 1.165) is 5.56 Å². The maximum absolute atomic E-state index is 12.8. The molecule has 1 atom stereocenters. The van der Waals surface area contributed by atoms with Gasteiger partial charge in [0.05, 0.1) is 11.5 Å². The van der Waals surface area contributed by atoms with Gasteiger partial charge in [0.1, 0.15) is 0 Å². The number of urea groups is 1. The predicted octanol–water partition coefficient (Wildman–Crippen LogP) is 2.14. The Bertz CT molecular complexity index is 601. The number of sulfone groups is 1. The van der Waals surface area contributed by atoms with Crippen molar-refractivity contribution < 1.29 is 13.2 Å². The Labute approximate surface area is 132 Å². The quantitative estimate of drug-likeness (QED) is 0.834. The molecule has 22 heavy (non-hydrogen) atoms. The summed E-state index contributed by atoms with van der Waals surface area (Å²) < 4.78 is 23.3. The van der Waals surface area contributed by atoms with Gasteiger partial charge in [0.2, 0.25) is 0 Å². The van der Waals surface area contributed by atoms with E-state index >= 15 is 0 Å². The molecule has 1 saturated heterocycles. The van der Waals surface area contributed by atoms with Gasteiger partial charge in [-0.05, 0) is 25.8 Å². The van der Waals surface area contributed by atoms with Crippen LogP contribution < -0.4 is 0 Å². The van der Waals surface area contributed by atoms with Crippen molar-refractivity contribution >= 4 is 15.9 Å². The van der Waals surface area contributed by atoms with Gasteiger partial charge in [-0.2, -0.15) is 0 Å². The standard InChI is InChI=1S/C16H24N2O3S/c1-3-17(12-14-8-6-5-7-9-14)16(19)18(4-2)15-10-11-22(20,21)13-15/h5-9,15H,3-4,10-13H2,1-2H3. The van der Waals surface area contributed by atoms with Crippen LogP contribution in [0.4, 0.5) is 4.79 Å². The number of benzene rings is 1. The molecule has 5 nitrogen and oxygen atoms in total. The maximum Gasteiger partial charge on any atom is 0.320 e. The summed E-state index contributed by atoms with van der Waals surface area (Å²) in [6.45, 7) is 5.53. The van der Waals surface area contributed by atoms with Gasteiger partial charge in [-0.15, -0.1) is 0 Å². The summed E-state index contributed by atoms with van der Waals surface area (Å²) in [7, 11) is -2.99. The smallest absolute Gasteiger partial charge is 0.320 e. The first kappa shape index (κ1) is 16.8. The Morgan fingerprint density at radius 3 is 2.36 bits per heavy atom. The number of nitrogens with zero attached hydrogens (tertiary/aromatic N) is 2. The van der Waals surface area contributed by atoms with Gasteiger partial charge in [-0.1, -0.05) is 30.3 Å². The van der Waals surface area contributed by atoms with Crippen LogP contribution in [0.5, 0.6) is 0 Å². The van der Waals surface area contributed by atoms with Crippen molar-refractivity contribution in [2.75, 3.05) is 24.6 Å². The van der Waals surface area contributed by atoms with Gasteiger partial charge >= 0.3 is 6.03 Å². The fourth-order valence-electron chi connectivity index (χ4n) is 2.87. The molecule has 0 aromatic heterocycles. The zero-order valence-corrected chi connectivity index (χ0v) is 14.1. The largest absolute Gasteiger partial charge is 0.321 e. The zero-order chi connectivity index (χ0) is 16.2. The van der Waals surface area contributed by atoms with Crippen molar-refractivity contribution in [1.29, 1.82) is 0 Å². The van der Waals surface area contributed by atoms with E-state index in [1.165, 1.54) is 0 Å². The molecule has 1 aromatic rings. The van der Waals surface area contributed by atoms with Crippen molar-refractivity contribution in [3.05, 3.63) is 35.9 Å². The second kappa shape index (κ2) is 7.13. The minimum atomic E-state index is -2.99. The lowest BCUT2D eigenvalue weighted by atomic mass is 10.2. The number of hydrogen-bond donors (Lipinski definition) is 0. The lowest BCUT2D eigenvalue weighted by molar-refractivity contribution is 0.140. The third kappa shape index (κ3) is 4.00. The number of rotatable bonds is 5. The van der Waals surface area contributed by atoms with Crippen molar-refractivity contribution in [2.24, 2.45) is 0 Å². The molecule has 6 heteroatoms. The molecule has 0 aliphatic carbocycles. The molecule has 0 N–H and O–H groups in total. The molecule has 122 valence electrons. The molecular formula is C16H24N2O3S. The van der Waals surface area contributed by atoms with E-state index in [0.29, 0.717) is 26.1 Å². The highest BCUT2D eigenvalue weighted by Crippen LogP contribution is 2.19.